The lowest BCUT2D eigenvalue weighted by Gasteiger charge is -2.30. The molecule has 0 unspecified atom stereocenters. The van der Waals surface area contributed by atoms with Crippen LogP contribution >= 0.6 is 0 Å². The second kappa shape index (κ2) is 8.93. The number of ether oxygens (including phenoxy) is 1. The Morgan fingerprint density at radius 1 is 1.29 bits per heavy atom. The molecular formula is C21H30N4O3. The van der Waals surface area contributed by atoms with Gasteiger partial charge in [0.1, 0.15) is 5.75 Å². The van der Waals surface area contributed by atoms with E-state index in [0.29, 0.717) is 12.3 Å². The van der Waals surface area contributed by atoms with Crippen molar-refractivity contribution in [3.05, 3.63) is 48.1 Å². The molecule has 0 radical (unpaired) electrons. The van der Waals surface area contributed by atoms with Gasteiger partial charge in [0.15, 0.2) is 5.84 Å². The third-order valence-corrected chi connectivity index (χ3v) is 4.43. The van der Waals surface area contributed by atoms with E-state index in [9.17, 15) is 5.11 Å². The predicted octanol–water partition coefficient (Wildman–Crippen LogP) is 3.95. The maximum atomic E-state index is 10.4. The zero-order valence-corrected chi connectivity index (χ0v) is 16.2. The number of aromatic nitrogens is 2. The molecule has 2 heterocycles. The highest BCUT2D eigenvalue weighted by Crippen LogP contribution is 2.26. The van der Waals surface area contributed by atoms with E-state index in [4.69, 9.17) is 9.57 Å². The average molecular weight is 386 g/mol. The van der Waals surface area contributed by atoms with Crippen molar-refractivity contribution < 1.29 is 14.7 Å². The molecule has 0 bridgehead atoms. The SMILES string of the molecule is C.COCCCN1C(/C=C/c2ccc(-n3cnc(C)c3)c(O)c2)=NOC1(C)C. The molecule has 28 heavy (non-hydrogen) atoms. The second-order valence-electron chi connectivity index (χ2n) is 6.99. The molecule has 1 aliphatic rings. The Kier molecular flexibility index (Phi) is 6.85. The Bertz CT molecular complexity index is 855. The van der Waals surface area contributed by atoms with Gasteiger partial charge in [-0.05, 0) is 51.0 Å². The Morgan fingerprint density at radius 2 is 2.07 bits per heavy atom. The fourth-order valence-corrected chi connectivity index (χ4v) is 2.99. The molecule has 1 aliphatic heterocycles. The standard InChI is InChI=1S/C20H26N4O3.CH4/c1-15-13-23(14-21-15)17-8-6-16(12-18(17)25)7-9-19-22-27-20(2,3)24(19)10-5-11-26-4;/h6-9,12-14,25H,5,10-11H2,1-4H3;1H4/b9-7+;. The largest absolute Gasteiger partial charge is 0.506 e. The number of benzene rings is 1. The van der Waals surface area contributed by atoms with Gasteiger partial charge in [0.2, 0.25) is 5.72 Å². The number of hydrogen-bond acceptors (Lipinski definition) is 6. The van der Waals surface area contributed by atoms with Crippen LogP contribution in [-0.4, -0.2) is 51.4 Å². The van der Waals surface area contributed by atoms with E-state index >= 15 is 0 Å². The van der Waals surface area contributed by atoms with Crippen molar-refractivity contribution in [3.8, 4) is 11.4 Å². The summed E-state index contributed by atoms with van der Waals surface area (Å²) in [7, 11) is 1.70. The first-order valence-electron chi connectivity index (χ1n) is 8.95. The highest BCUT2D eigenvalue weighted by Gasteiger charge is 2.35. The zero-order chi connectivity index (χ0) is 19.4. The lowest BCUT2D eigenvalue weighted by Crippen LogP contribution is -2.44. The smallest absolute Gasteiger partial charge is 0.205 e. The van der Waals surface area contributed by atoms with Crippen LogP contribution < -0.4 is 0 Å². The third-order valence-electron chi connectivity index (χ3n) is 4.43. The molecular weight excluding hydrogens is 356 g/mol. The van der Waals surface area contributed by atoms with Crippen LogP contribution in [0.2, 0.25) is 0 Å². The quantitative estimate of drug-likeness (QED) is 0.730. The molecule has 0 fully saturated rings. The van der Waals surface area contributed by atoms with Gasteiger partial charge in [-0.1, -0.05) is 24.7 Å². The number of methoxy groups -OCH3 is 1. The first kappa shape index (κ1) is 21.5. The molecule has 0 amide bonds. The molecule has 2 aromatic rings. The lowest BCUT2D eigenvalue weighted by molar-refractivity contribution is -0.0696. The average Bonchev–Trinajstić information content (AvgIpc) is 3.17. The van der Waals surface area contributed by atoms with Crippen LogP contribution in [0.5, 0.6) is 5.75 Å². The van der Waals surface area contributed by atoms with E-state index in [1.54, 1.807) is 24.1 Å². The number of aryl methyl sites for hydroxylation is 1. The minimum atomic E-state index is -0.487. The molecule has 7 nitrogen and oxygen atoms in total. The number of imidazole rings is 1. The van der Waals surface area contributed by atoms with E-state index in [1.165, 1.54) is 0 Å². The summed E-state index contributed by atoms with van der Waals surface area (Å²) in [6.45, 7) is 7.35. The fourth-order valence-electron chi connectivity index (χ4n) is 2.99. The molecule has 7 heteroatoms. The van der Waals surface area contributed by atoms with Crippen molar-refractivity contribution in [2.45, 2.75) is 40.3 Å². The maximum absolute atomic E-state index is 10.4. The number of amidine groups is 1. The number of aromatic hydroxyl groups is 1. The monoisotopic (exact) mass is 386 g/mol. The normalized spacial score (nSPS) is 15.4. The lowest BCUT2D eigenvalue weighted by atomic mass is 10.1. The van der Waals surface area contributed by atoms with Crippen LogP contribution in [0, 0.1) is 6.92 Å². The highest BCUT2D eigenvalue weighted by atomic mass is 16.7. The van der Waals surface area contributed by atoms with Gasteiger partial charge in [0.05, 0.1) is 17.7 Å². The van der Waals surface area contributed by atoms with Gasteiger partial charge >= 0.3 is 0 Å². The van der Waals surface area contributed by atoms with Crippen LogP contribution in [0.4, 0.5) is 0 Å². The fraction of sp³-hybridized carbons (Fsp3) is 0.429. The second-order valence-corrected chi connectivity index (χ2v) is 6.99. The summed E-state index contributed by atoms with van der Waals surface area (Å²) < 4.78 is 6.94. The molecule has 3 rings (SSSR count). The summed E-state index contributed by atoms with van der Waals surface area (Å²) in [5.41, 5.74) is 1.97. The van der Waals surface area contributed by atoms with Crippen molar-refractivity contribution in [3.63, 3.8) is 0 Å². The molecule has 1 aromatic heterocycles. The van der Waals surface area contributed by atoms with E-state index in [2.05, 4.69) is 15.0 Å². The van der Waals surface area contributed by atoms with Crippen molar-refractivity contribution in [2.24, 2.45) is 5.16 Å². The minimum Gasteiger partial charge on any atom is -0.506 e. The van der Waals surface area contributed by atoms with E-state index in [-0.39, 0.29) is 13.2 Å². The van der Waals surface area contributed by atoms with Gasteiger partial charge in [0, 0.05) is 26.5 Å². The highest BCUT2D eigenvalue weighted by molar-refractivity contribution is 5.97. The van der Waals surface area contributed by atoms with Gasteiger partial charge in [-0.25, -0.2) is 4.98 Å². The van der Waals surface area contributed by atoms with Crippen LogP contribution in [0.15, 0.2) is 42.0 Å². The number of rotatable bonds is 7. The molecule has 0 spiro atoms. The minimum absolute atomic E-state index is 0. The van der Waals surface area contributed by atoms with Gasteiger partial charge in [-0.15, -0.1) is 0 Å². The maximum Gasteiger partial charge on any atom is 0.205 e. The van der Waals surface area contributed by atoms with Gasteiger partial charge in [-0.3, -0.25) is 0 Å². The predicted molar refractivity (Wildman–Crippen MR) is 112 cm³/mol. The van der Waals surface area contributed by atoms with E-state index in [0.717, 1.165) is 30.1 Å². The summed E-state index contributed by atoms with van der Waals surface area (Å²) in [6, 6.07) is 5.53. The Balaban J connectivity index is 0.00000280. The molecule has 1 aromatic carbocycles. The van der Waals surface area contributed by atoms with Crippen LogP contribution in [0.3, 0.4) is 0 Å². The molecule has 0 saturated heterocycles. The summed E-state index contributed by atoms with van der Waals surface area (Å²) >= 11 is 0. The summed E-state index contributed by atoms with van der Waals surface area (Å²) in [5.74, 6) is 0.946. The first-order valence-corrected chi connectivity index (χ1v) is 8.95. The number of hydrogen-bond donors (Lipinski definition) is 1. The van der Waals surface area contributed by atoms with Gasteiger partial charge in [0.25, 0.3) is 0 Å². The van der Waals surface area contributed by atoms with Crippen molar-refractivity contribution in [1.29, 1.82) is 0 Å². The number of phenolic OH excluding ortho intramolecular Hbond substituents is 1. The molecule has 0 saturated carbocycles. The first-order chi connectivity index (χ1) is 12.9. The van der Waals surface area contributed by atoms with Crippen LogP contribution in [-0.2, 0) is 9.57 Å². The Labute approximate surface area is 166 Å². The van der Waals surface area contributed by atoms with Crippen molar-refractivity contribution in [2.75, 3.05) is 20.3 Å². The molecule has 0 aliphatic carbocycles. The number of oxime groups is 1. The summed E-state index contributed by atoms with van der Waals surface area (Å²) in [5, 5.41) is 14.6. The van der Waals surface area contributed by atoms with E-state index < -0.39 is 5.72 Å². The Hall–Kier alpha value is -2.80. The summed E-state index contributed by atoms with van der Waals surface area (Å²) in [6.07, 6.45) is 8.25. The van der Waals surface area contributed by atoms with Crippen LogP contribution in [0.1, 0.15) is 39.0 Å². The zero-order valence-electron chi connectivity index (χ0n) is 16.2. The molecule has 0 atom stereocenters. The van der Waals surface area contributed by atoms with Gasteiger partial charge < -0.3 is 24.1 Å². The topological polar surface area (TPSA) is 72.1 Å². The van der Waals surface area contributed by atoms with Crippen LogP contribution in [0.25, 0.3) is 11.8 Å². The number of nitrogens with zero attached hydrogens (tertiary/aromatic N) is 4. The molecule has 152 valence electrons. The van der Waals surface area contributed by atoms with Crippen molar-refractivity contribution >= 4 is 11.9 Å². The van der Waals surface area contributed by atoms with Gasteiger partial charge in [-0.2, -0.15) is 0 Å². The Morgan fingerprint density at radius 3 is 2.71 bits per heavy atom. The number of phenols is 1. The molecule has 1 N–H and O–H groups in total. The third kappa shape index (κ3) is 4.72. The summed E-state index contributed by atoms with van der Waals surface area (Å²) in [4.78, 5) is 11.8. The van der Waals surface area contributed by atoms with Crippen molar-refractivity contribution in [1.82, 2.24) is 14.5 Å². The van der Waals surface area contributed by atoms with E-state index in [1.807, 2.05) is 51.3 Å².